The van der Waals surface area contributed by atoms with Crippen molar-refractivity contribution in [1.82, 2.24) is 9.21 Å². The predicted molar refractivity (Wildman–Crippen MR) is 75.0 cm³/mol. The second kappa shape index (κ2) is 7.43. The average molecular weight is 277 g/mol. The van der Waals surface area contributed by atoms with E-state index < -0.39 is 10.0 Å². The molecule has 1 aliphatic rings. The van der Waals surface area contributed by atoms with Gasteiger partial charge in [-0.3, -0.25) is 4.90 Å². The summed E-state index contributed by atoms with van der Waals surface area (Å²) >= 11 is 0. The Labute approximate surface area is 111 Å². The highest BCUT2D eigenvalue weighted by atomic mass is 32.2. The molecule has 0 aromatic carbocycles. The van der Waals surface area contributed by atoms with Crippen LogP contribution >= 0.6 is 0 Å². The van der Waals surface area contributed by atoms with E-state index in [9.17, 15) is 8.42 Å². The topological polar surface area (TPSA) is 66.6 Å². The highest BCUT2D eigenvalue weighted by Crippen LogP contribution is 2.14. The molecule has 6 heteroatoms. The van der Waals surface area contributed by atoms with Crippen LogP contribution in [0, 0.1) is 0 Å². The van der Waals surface area contributed by atoms with Gasteiger partial charge in [-0.25, -0.2) is 8.42 Å². The Kier molecular flexibility index (Phi) is 6.55. The van der Waals surface area contributed by atoms with Gasteiger partial charge < -0.3 is 5.73 Å². The van der Waals surface area contributed by atoms with Crippen LogP contribution in [0.3, 0.4) is 0 Å². The maximum atomic E-state index is 11.9. The van der Waals surface area contributed by atoms with Crippen molar-refractivity contribution in [2.75, 3.05) is 38.5 Å². The van der Waals surface area contributed by atoms with E-state index in [-0.39, 0.29) is 5.75 Å². The van der Waals surface area contributed by atoms with Crippen molar-refractivity contribution in [2.45, 2.75) is 39.2 Å². The first-order chi connectivity index (χ1) is 8.55. The van der Waals surface area contributed by atoms with E-state index in [4.69, 9.17) is 5.73 Å². The summed E-state index contributed by atoms with van der Waals surface area (Å²) in [6, 6.07) is 0.506. The lowest BCUT2D eigenvalue weighted by molar-refractivity contribution is 0.129. The van der Waals surface area contributed by atoms with Crippen molar-refractivity contribution in [2.24, 2.45) is 5.73 Å². The van der Waals surface area contributed by atoms with Gasteiger partial charge in [0.15, 0.2) is 0 Å². The summed E-state index contributed by atoms with van der Waals surface area (Å²) in [7, 11) is -3.02. The van der Waals surface area contributed by atoms with Gasteiger partial charge in [0.1, 0.15) is 0 Å². The van der Waals surface area contributed by atoms with Gasteiger partial charge in [-0.1, -0.05) is 13.8 Å². The molecule has 0 saturated carbocycles. The van der Waals surface area contributed by atoms with Crippen LogP contribution < -0.4 is 5.73 Å². The minimum absolute atomic E-state index is 0.271. The second-order valence-electron chi connectivity index (χ2n) is 4.89. The number of rotatable bonds is 7. The Bertz CT molecular complexity index is 324. The molecule has 1 atom stereocenters. The van der Waals surface area contributed by atoms with Crippen LogP contribution in [0.4, 0.5) is 0 Å². The molecule has 1 unspecified atom stereocenters. The molecular weight excluding hydrogens is 250 g/mol. The molecule has 0 aromatic rings. The molecule has 1 saturated heterocycles. The van der Waals surface area contributed by atoms with Crippen LogP contribution in [0.5, 0.6) is 0 Å². The van der Waals surface area contributed by atoms with E-state index in [0.717, 1.165) is 25.9 Å². The molecular formula is C12H27N3O2S. The van der Waals surface area contributed by atoms with Crippen molar-refractivity contribution >= 4 is 10.0 Å². The van der Waals surface area contributed by atoms with Crippen LogP contribution in [0.1, 0.15) is 33.1 Å². The first-order valence-electron chi connectivity index (χ1n) is 6.97. The number of nitrogens with zero attached hydrogens (tertiary/aromatic N) is 2. The highest BCUT2D eigenvalue weighted by molar-refractivity contribution is 7.89. The zero-order valence-electron chi connectivity index (χ0n) is 11.6. The molecule has 108 valence electrons. The van der Waals surface area contributed by atoms with Crippen molar-refractivity contribution < 1.29 is 8.42 Å². The molecule has 2 N–H and O–H groups in total. The van der Waals surface area contributed by atoms with Crippen LogP contribution in [-0.2, 0) is 10.0 Å². The van der Waals surface area contributed by atoms with E-state index in [1.54, 1.807) is 4.31 Å². The van der Waals surface area contributed by atoms with Gasteiger partial charge >= 0.3 is 0 Å². The summed E-state index contributed by atoms with van der Waals surface area (Å²) in [6.45, 7) is 7.70. The average Bonchev–Trinajstić information content (AvgIpc) is 2.36. The van der Waals surface area contributed by atoms with Gasteiger partial charge in [0.05, 0.1) is 5.75 Å². The zero-order valence-corrected chi connectivity index (χ0v) is 12.5. The summed E-state index contributed by atoms with van der Waals surface area (Å²) in [5.74, 6) is 0.271. The smallest absolute Gasteiger partial charge is 0.214 e. The van der Waals surface area contributed by atoms with Crippen molar-refractivity contribution in [3.05, 3.63) is 0 Å². The molecule has 0 spiro atoms. The summed E-state index contributed by atoms with van der Waals surface area (Å²) in [5, 5.41) is 0. The van der Waals surface area contributed by atoms with Crippen LogP contribution in [0.25, 0.3) is 0 Å². The van der Waals surface area contributed by atoms with Gasteiger partial charge in [0.2, 0.25) is 10.0 Å². The lowest BCUT2D eigenvalue weighted by Gasteiger charge is -2.38. The van der Waals surface area contributed by atoms with E-state index in [1.807, 2.05) is 6.92 Å². The number of hydrogen-bond acceptors (Lipinski definition) is 4. The molecule has 5 nitrogen and oxygen atoms in total. The number of piperazine rings is 1. The first-order valence-corrected chi connectivity index (χ1v) is 8.58. The lowest BCUT2D eigenvalue weighted by Crippen LogP contribution is -2.52. The molecule has 1 rings (SSSR count). The van der Waals surface area contributed by atoms with E-state index in [0.29, 0.717) is 32.1 Å². The molecule has 18 heavy (non-hydrogen) atoms. The minimum Gasteiger partial charge on any atom is -0.330 e. The fraction of sp³-hybridized carbons (Fsp3) is 1.00. The largest absolute Gasteiger partial charge is 0.330 e. The Morgan fingerprint density at radius 1 is 1.17 bits per heavy atom. The Morgan fingerprint density at radius 3 is 2.22 bits per heavy atom. The van der Waals surface area contributed by atoms with E-state index >= 15 is 0 Å². The van der Waals surface area contributed by atoms with Gasteiger partial charge in [0, 0.05) is 32.2 Å². The number of hydrogen-bond donors (Lipinski definition) is 1. The summed E-state index contributed by atoms with van der Waals surface area (Å²) in [6.07, 6.45) is 2.77. The number of sulfonamides is 1. The molecule has 1 fully saturated rings. The zero-order chi connectivity index (χ0) is 13.6. The third-order valence-corrected chi connectivity index (χ3v) is 5.69. The van der Waals surface area contributed by atoms with Gasteiger partial charge in [-0.2, -0.15) is 4.31 Å². The standard InChI is InChI=1S/C12H27N3O2S/c1-3-11-18(16,17)15-9-7-14(8-10-15)12(4-2)5-6-13/h12H,3-11,13H2,1-2H3. The van der Waals surface area contributed by atoms with Crippen molar-refractivity contribution in [1.29, 1.82) is 0 Å². The summed E-state index contributed by atoms with van der Waals surface area (Å²) < 4.78 is 25.5. The van der Waals surface area contributed by atoms with E-state index in [2.05, 4.69) is 11.8 Å². The van der Waals surface area contributed by atoms with Crippen LogP contribution in [0.2, 0.25) is 0 Å². The maximum absolute atomic E-state index is 11.9. The third kappa shape index (κ3) is 4.19. The van der Waals surface area contributed by atoms with Crippen LogP contribution in [0.15, 0.2) is 0 Å². The Morgan fingerprint density at radius 2 is 1.78 bits per heavy atom. The predicted octanol–water partition coefficient (Wildman–Crippen LogP) is 0.471. The lowest BCUT2D eigenvalue weighted by atomic mass is 10.1. The minimum atomic E-state index is -3.02. The van der Waals surface area contributed by atoms with Gasteiger partial charge in [-0.05, 0) is 25.8 Å². The molecule has 1 heterocycles. The molecule has 0 radical (unpaired) electrons. The fourth-order valence-electron chi connectivity index (χ4n) is 2.57. The number of nitrogens with two attached hydrogens (primary N) is 1. The fourth-order valence-corrected chi connectivity index (χ4v) is 4.06. The van der Waals surface area contributed by atoms with Crippen molar-refractivity contribution in [3.63, 3.8) is 0 Å². The summed E-state index contributed by atoms with van der Waals surface area (Å²) in [5.41, 5.74) is 5.61. The molecule has 1 aliphatic heterocycles. The third-order valence-electron chi connectivity index (χ3n) is 3.62. The molecule has 0 aromatic heterocycles. The summed E-state index contributed by atoms with van der Waals surface area (Å²) in [4.78, 5) is 2.38. The van der Waals surface area contributed by atoms with Crippen molar-refractivity contribution in [3.8, 4) is 0 Å². The van der Waals surface area contributed by atoms with Gasteiger partial charge in [-0.15, -0.1) is 0 Å². The van der Waals surface area contributed by atoms with Gasteiger partial charge in [0.25, 0.3) is 0 Å². The molecule has 0 aliphatic carbocycles. The second-order valence-corrected chi connectivity index (χ2v) is 6.98. The van der Waals surface area contributed by atoms with E-state index in [1.165, 1.54) is 0 Å². The molecule has 0 bridgehead atoms. The normalized spacial score (nSPS) is 21.1. The monoisotopic (exact) mass is 277 g/mol. The first kappa shape index (κ1) is 15.9. The maximum Gasteiger partial charge on any atom is 0.214 e. The quantitative estimate of drug-likeness (QED) is 0.734. The SMILES string of the molecule is CCCS(=O)(=O)N1CCN(C(CC)CCN)CC1. The molecule has 0 amide bonds. The van der Waals surface area contributed by atoms with Crippen LogP contribution in [-0.4, -0.2) is 62.1 Å². The highest BCUT2D eigenvalue weighted by Gasteiger charge is 2.28. The Balaban J connectivity index is 2.50. The Hall–Kier alpha value is -0.170.